The molecule has 1 aromatic carbocycles. The van der Waals surface area contributed by atoms with E-state index >= 15 is 0 Å². The summed E-state index contributed by atoms with van der Waals surface area (Å²) in [6.07, 6.45) is 0. The molecular weight excluding hydrogens is 202 g/mol. The summed E-state index contributed by atoms with van der Waals surface area (Å²) in [7, 11) is 0. The molecule has 0 saturated heterocycles. The first kappa shape index (κ1) is 10.6. The minimum atomic E-state index is -1.11. The van der Waals surface area contributed by atoms with E-state index in [9.17, 15) is 4.79 Å². The normalized spacial score (nSPS) is 9.50. The average Bonchev–Trinajstić information content (AvgIpc) is 2.15. The number of carboxylic acids is 1. The molecule has 14 heavy (non-hydrogen) atoms. The van der Waals surface area contributed by atoms with Gasteiger partial charge in [0.2, 0.25) is 0 Å². The van der Waals surface area contributed by atoms with Crippen molar-refractivity contribution in [3.63, 3.8) is 0 Å². The first-order chi connectivity index (χ1) is 6.60. The molecule has 1 aromatic rings. The highest BCUT2D eigenvalue weighted by atomic mass is 35.5. The van der Waals surface area contributed by atoms with Crippen LogP contribution in [0.15, 0.2) is 12.1 Å². The SMILES string of the molecule is Cc1cc(C#N)c(C(=O)O)c(CCl)c1. The number of alkyl halides is 1. The number of aromatic carboxylic acids is 1. The van der Waals surface area contributed by atoms with Crippen LogP contribution in [0.25, 0.3) is 0 Å². The summed E-state index contributed by atoms with van der Waals surface area (Å²) in [6, 6.07) is 5.07. The topological polar surface area (TPSA) is 61.1 Å². The van der Waals surface area contributed by atoms with Crippen LogP contribution in [0.3, 0.4) is 0 Å². The minimum Gasteiger partial charge on any atom is -0.478 e. The van der Waals surface area contributed by atoms with E-state index in [1.807, 2.05) is 6.07 Å². The number of halogens is 1. The summed E-state index contributed by atoms with van der Waals surface area (Å²) >= 11 is 5.60. The highest BCUT2D eigenvalue weighted by molar-refractivity contribution is 6.17. The van der Waals surface area contributed by atoms with E-state index in [1.54, 1.807) is 19.1 Å². The molecule has 4 heteroatoms. The number of carboxylic acid groups (broad SMARTS) is 1. The van der Waals surface area contributed by atoms with Gasteiger partial charge in [0.05, 0.1) is 11.1 Å². The molecule has 0 atom stereocenters. The highest BCUT2D eigenvalue weighted by Crippen LogP contribution is 2.19. The van der Waals surface area contributed by atoms with Crippen molar-refractivity contribution < 1.29 is 9.90 Å². The molecule has 1 N–H and O–H groups in total. The van der Waals surface area contributed by atoms with Crippen LogP contribution in [0, 0.1) is 18.3 Å². The number of hydrogen-bond acceptors (Lipinski definition) is 2. The third kappa shape index (κ3) is 1.86. The summed E-state index contributed by atoms with van der Waals surface area (Å²) in [4.78, 5) is 10.9. The maximum Gasteiger partial charge on any atom is 0.337 e. The second-order valence-electron chi connectivity index (χ2n) is 2.90. The number of carbonyl (C=O) groups is 1. The van der Waals surface area contributed by atoms with Gasteiger partial charge in [-0.25, -0.2) is 4.79 Å². The van der Waals surface area contributed by atoms with Gasteiger partial charge >= 0.3 is 5.97 Å². The van der Waals surface area contributed by atoms with Gasteiger partial charge in [-0.2, -0.15) is 5.26 Å². The molecule has 1 rings (SSSR count). The molecule has 0 saturated carbocycles. The summed E-state index contributed by atoms with van der Waals surface area (Å²) in [5.41, 5.74) is 1.49. The van der Waals surface area contributed by atoms with Crippen LogP contribution in [0.2, 0.25) is 0 Å². The van der Waals surface area contributed by atoms with Crippen LogP contribution in [0.4, 0.5) is 0 Å². The van der Waals surface area contributed by atoms with Gasteiger partial charge in [0.25, 0.3) is 0 Å². The molecule has 0 aliphatic rings. The zero-order chi connectivity index (χ0) is 10.7. The Balaban J connectivity index is 3.50. The van der Waals surface area contributed by atoms with Gasteiger partial charge in [0, 0.05) is 5.88 Å². The Bertz CT molecular complexity index is 421. The molecule has 3 nitrogen and oxygen atoms in total. The molecule has 0 aliphatic heterocycles. The molecule has 0 fully saturated rings. The van der Waals surface area contributed by atoms with Crippen molar-refractivity contribution in [2.75, 3.05) is 0 Å². The van der Waals surface area contributed by atoms with Gasteiger partial charge in [-0.05, 0) is 24.1 Å². The summed E-state index contributed by atoms with van der Waals surface area (Å²) in [5.74, 6) is -1.02. The predicted molar refractivity (Wildman–Crippen MR) is 52.4 cm³/mol. The lowest BCUT2D eigenvalue weighted by atomic mass is 10.00. The van der Waals surface area contributed by atoms with E-state index in [-0.39, 0.29) is 17.0 Å². The lowest BCUT2D eigenvalue weighted by Crippen LogP contribution is -2.05. The van der Waals surface area contributed by atoms with Crippen molar-refractivity contribution in [1.82, 2.24) is 0 Å². The molecule has 0 unspecified atom stereocenters. The predicted octanol–water partition coefficient (Wildman–Crippen LogP) is 2.30. The van der Waals surface area contributed by atoms with Crippen LogP contribution >= 0.6 is 11.6 Å². The van der Waals surface area contributed by atoms with Crippen LogP contribution in [-0.4, -0.2) is 11.1 Å². The molecule has 0 aliphatic carbocycles. The molecule has 0 heterocycles. The maximum atomic E-state index is 10.9. The molecule has 0 bridgehead atoms. The number of rotatable bonds is 2. The van der Waals surface area contributed by atoms with Crippen LogP contribution in [0.1, 0.15) is 27.0 Å². The van der Waals surface area contributed by atoms with Crippen molar-refractivity contribution >= 4 is 17.6 Å². The zero-order valence-corrected chi connectivity index (χ0v) is 8.30. The Labute approximate surface area is 86.5 Å². The van der Waals surface area contributed by atoms with E-state index in [4.69, 9.17) is 22.0 Å². The van der Waals surface area contributed by atoms with E-state index in [1.165, 1.54) is 0 Å². The van der Waals surface area contributed by atoms with E-state index in [2.05, 4.69) is 0 Å². The van der Waals surface area contributed by atoms with Gasteiger partial charge in [-0.15, -0.1) is 11.6 Å². The fraction of sp³-hybridized carbons (Fsp3) is 0.200. The van der Waals surface area contributed by atoms with Gasteiger partial charge in [-0.3, -0.25) is 0 Å². The molecule has 0 radical (unpaired) electrons. The second-order valence-corrected chi connectivity index (χ2v) is 3.16. The fourth-order valence-corrected chi connectivity index (χ4v) is 1.52. The first-order valence-corrected chi connectivity index (χ1v) is 4.46. The van der Waals surface area contributed by atoms with E-state index in [0.29, 0.717) is 5.56 Å². The van der Waals surface area contributed by atoms with E-state index in [0.717, 1.165) is 5.56 Å². The lowest BCUT2D eigenvalue weighted by molar-refractivity contribution is 0.0695. The fourth-order valence-electron chi connectivity index (χ4n) is 1.31. The monoisotopic (exact) mass is 209 g/mol. The van der Waals surface area contributed by atoms with Crippen LogP contribution in [-0.2, 0) is 5.88 Å². The van der Waals surface area contributed by atoms with Crippen molar-refractivity contribution in [2.45, 2.75) is 12.8 Å². The third-order valence-corrected chi connectivity index (χ3v) is 2.13. The Morgan fingerprint density at radius 3 is 2.71 bits per heavy atom. The summed E-state index contributed by atoms with van der Waals surface area (Å²) in [6.45, 7) is 1.79. The van der Waals surface area contributed by atoms with Crippen molar-refractivity contribution in [3.8, 4) is 6.07 Å². The zero-order valence-electron chi connectivity index (χ0n) is 7.54. The van der Waals surface area contributed by atoms with Gasteiger partial charge in [-0.1, -0.05) is 6.07 Å². The molecule has 0 spiro atoms. The molecule has 0 amide bonds. The highest BCUT2D eigenvalue weighted by Gasteiger charge is 2.15. The number of aryl methyl sites for hydroxylation is 1. The largest absolute Gasteiger partial charge is 0.478 e. The van der Waals surface area contributed by atoms with Crippen LogP contribution in [0.5, 0.6) is 0 Å². The lowest BCUT2D eigenvalue weighted by Gasteiger charge is -2.05. The van der Waals surface area contributed by atoms with E-state index < -0.39 is 5.97 Å². The summed E-state index contributed by atoms with van der Waals surface area (Å²) in [5, 5.41) is 17.6. The average molecular weight is 210 g/mol. The molecule has 0 aromatic heterocycles. The standard InChI is InChI=1S/C10H8ClNO2/c1-6-2-7(4-11)9(10(13)14)8(3-6)5-12/h2-3H,4H2,1H3,(H,13,14). The Kier molecular flexibility index (Phi) is 3.10. The Morgan fingerprint density at radius 2 is 2.29 bits per heavy atom. The van der Waals surface area contributed by atoms with Gasteiger partial charge < -0.3 is 5.11 Å². The number of nitrogens with zero attached hydrogens (tertiary/aromatic N) is 1. The Hall–Kier alpha value is -1.53. The van der Waals surface area contributed by atoms with Crippen molar-refractivity contribution in [1.29, 1.82) is 5.26 Å². The van der Waals surface area contributed by atoms with Gasteiger partial charge in [0.15, 0.2) is 0 Å². The minimum absolute atomic E-state index is 0.00750. The van der Waals surface area contributed by atoms with Crippen LogP contribution < -0.4 is 0 Å². The number of hydrogen-bond donors (Lipinski definition) is 1. The third-order valence-electron chi connectivity index (χ3n) is 1.84. The summed E-state index contributed by atoms with van der Waals surface area (Å²) < 4.78 is 0. The smallest absolute Gasteiger partial charge is 0.337 e. The van der Waals surface area contributed by atoms with Crippen molar-refractivity contribution in [3.05, 3.63) is 34.4 Å². The number of nitriles is 1. The Morgan fingerprint density at radius 1 is 1.64 bits per heavy atom. The number of benzene rings is 1. The first-order valence-electron chi connectivity index (χ1n) is 3.93. The quantitative estimate of drug-likeness (QED) is 0.761. The maximum absolute atomic E-state index is 10.9. The van der Waals surface area contributed by atoms with Crippen molar-refractivity contribution in [2.24, 2.45) is 0 Å². The van der Waals surface area contributed by atoms with Gasteiger partial charge in [0.1, 0.15) is 6.07 Å². The second kappa shape index (κ2) is 4.12. The molecular formula is C10H8ClNO2. The molecule has 72 valence electrons.